The van der Waals surface area contributed by atoms with Crippen molar-refractivity contribution in [2.75, 3.05) is 13.2 Å². The molecule has 0 aromatic carbocycles. The van der Waals surface area contributed by atoms with Crippen LogP contribution in [0.25, 0.3) is 0 Å². The SMILES string of the molecule is CCOC(OC(OCC)=C(S(=O)(=O)F)S(=O)(=O)F)=C(S(=O)(=O)F)S(=O)(=O)F. The highest BCUT2D eigenvalue weighted by Crippen LogP contribution is 2.30. The number of ether oxygens (including phenoxy) is 3. The molecule has 0 aliphatic carbocycles. The molecule has 0 aliphatic rings. The highest BCUT2D eigenvalue weighted by Gasteiger charge is 2.42. The molecule has 0 aliphatic heterocycles. The van der Waals surface area contributed by atoms with Crippen LogP contribution in [0.15, 0.2) is 20.4 Å². The number of hydrogen-bond acceptors (Lipinski definition) is 11. The summed E-state index contributed by atoms with van der Waals surface area (Å²) in [4.78, 5) is 0. The van der Waals surface area contributed by atoms with E-state index in [1.165, 1.54) is 0 Å². The van der Waals surface area contributed by atoms with Crippen molar-refractivity contribution in [3.05, 3.63) is 20.4 Å². The van der Waals surface area contributed by atoms with Gasteiger partial charge in [-0.2, -0.15) is 33.7 Å². The smallest absolute Gasteiger partial charge is 0.353 e. The van der Waals surface area contributed by atoms with E-state index < -0.39 is 74.5 Å². The lowest BCUT2D eigenvalue weighted by Crippen LogP contribution is -2.17. The van der Waals surface area contributed by atoms with Gasteiger partial charge in [-0.05, 0) is 13.8 Å². The molecule has 0 unspecified atom stereocenters. The lowest BCUT2D eigenvalue weighted by molar-refractivity contribution is 0.000504. The van der Waals surface area contributed by atoms with E-state index in [1.54, 1.807) is 0 Å². The summed E-state index contributed by atoms with van der Waals surface area (Å²) in [6, 6.07) is 0. The van der Waals surface area contributed by atoms with Gasteiger partial charge in [0.1, 0.15) is 0 Å². The first-order chi connectivity index (χ1) is 11.9. The lowest BCUT2D eigenvalue weighted by atomic mass is 10.8. The Morgan fingerprint density at radius 3 is 0.963 bits per heavy atom. The lowest BCUT2D eigenvalue weighted by Gasteiger charge is -2.15. The number of rotatable bonds is 10. The Bertz CT molecular complexity index is 897. The average molecular weight is 486 g/mol. The van der Waals surface area contributed by atoms with Crippen LogP contribution in [0.4, 0.5) is 15.5 Å². The van der Waals surface area contributed by atoms with E-state index in [0.717, 1.165) is 13.8 Å². The molecular formula is C8H10F4O11S4. The van der Waals surface area contributed by atoms with E-state index in [4.69, 9.17) is 0 Å². The highest BCUT2D eigenvalue weighted by atomic mass is 32.3. The molecule has 0 saturated heterocycles. The molecule has 0 heterocycles. The van der Waals surface area contributed by atoms with E-state index in [-0.39, 0.29) is 0 Å². The van der Waals surface area contributed by atoms with Gasteiger partial charge in [0.05, 0.1) is 13.2 Å². The zero-order chi connectivity index (χ0) is 21.8. The van der Waals surface area contributed by atoms with Crippen LogP contribution in [-0.4, -0.2) is 46.9 Å². The van der Waals surface area contributed by atoms with Gasteiger partial charge in [-0.1, -0.05) is 15.5 Å². The minimum Gasteiger partial charge on any atom is -0.464 e. The monoisotopic (exact) mass is 486 g/mol. The largest absolute Gasteiger partial charge is 0.464 e. The summed E-state index contributed by atoms with van der Waals surface area (Å²) < 4.78 is 146. The maximum absolute atomic E-state index is 13.1. The summed E-state index contributed by atoms with van der Waals surface area (Å²) >= 11 is 0. The van der Waals surface area contributed by atoms with E-state index in [1.807, 2.05) is 0 Å². The standard InChI is InChI=1S/C8H10F4O11S4/c1-3-21-5(7(24(9,13)14)25(10,15)16)23-6(22-4-2)8(26(11,17)18)27(12,19)20/h3-4H2,1-2H3. The maximum Gasteiger partial charge on any atom is 0.353 e. The Hall–Kier alpha value is -1.60. The average Bonchev–Trinajstić information content (AvgIpc) is 2.31. The molecule has 19 heteroatoms. The van der Waals surface area contributed by atoms with Crippen molar-refractivity contribution in [1.29, 1.82) is 0 Å². The first-order valence-electron chi connectivity index (χ1n) is 6.08. The summed E-state index contributed by atoms with van der Waals surface area (Å²) in [5.74, 6) is -4.42. The van der Waals surface area contributed by atoms with E-state index in [9.17, 15) is 49.2 Å². The van der Waals surface area contributed by atoms with Gasteiger partial charge >= 0.3 is 61.3 Å². The van der Waals surface area contributed by atoms with Gasteiger partial charge in [0.2, 0.25) is 0 Å². The molecule has 0 bridgehead atoms. The molecule has 0 saturated carbocycles. The zero-order valence-electron chi connectivity index (χ0n) is 13.0. The van der Waals surface area contributed by atoms with Gasteiger partial charge in [0, 0.05) is 0 Å². The second-order valence-electron chi connectivity index (χ2n) is 3.87. The predicted molar refractivity (Wildman–Crippen MR) is 78.5 cm³/mol. The molecule has 0 N–H and O–H groups in total. The minimum absolute atomic E-state index is 0.802. The van der Waals surface area contributed by atoms with Crippen LogP contribution in [-0.2, 0) is 55.1 Å². The van der Waals surface area contributed by atoms with Crippen LogP contribution < -0.4 is 0 Å². The number of hydrogen-bond donors (Lipinski definition) is 0. The van der Waals surface area contributed by atoms with Crippen LogP contribution in [0.1, 0.15) is 13.8 Å². The quantitative estimate of drug-likeness (QED) is 0.240. The first-order valence-corrected chi connectivity index (χ1v) is 11.6. The molecule has 11 nitrogen and oxygen atoms in total. The van der Waals surface area contributed by atoms with Gasteiger partial charge in [-0.3, -0.25) is 0 Å². The van der Waals surface area contributed by atoms with E-state index in [2.05, 4.69) is 14.2 Å². The third-order valence-corrected chi connectivity index (χ3v) is 6.78. The zero-order valence-corrected chi connectivity index (χ0v) is 16.3. The maximum atomic E-state index is 13.1. The number of halogens is 4. The van der Waals surface area contributed by atoms with Crippen molar-refractivity contribution < 1.29 is 63.4 Å². The van der Waals surface area contributed by atoms with E-state index in [0.29, 0.717) is 0 Å². The summed E-state index contributed by atoms with van der Waals surface area (Å²) in [5, 5.41) is 0. The summed E-state index contributed by atoms with van der Waals surface area (Å²) in [6.07, 6.45) is 0. The van der Waals surface area contributed by atoms with E-state index >= 15 is 0 Å². The van der Waals surface area contributed by atoms with Gasteiger partial charge < -0.3 is 14.2 Å². The summed E-state index contributed by atoms with van der Waals surface area (Å²) in [7, 11) is -26.0. The topological polar surface area (TPSA) is 164 Å². The molecule has 0 atom stereocenters. The van der Waals surface area contributed by atoms with Gasteiger partial charge in [0.25, 0.3) is 0 Å². The molecule has 0 spiro atoms. The van der Waals surface area contributed by atoms with Crippen LogP contribution >= 0.6 is 0 Å². The molecule has 0 aromatic heterocycles. The summed E-state index contributed by atoms with van der Waals surface area (Å²) in [6.45, 7) is 0.339. The Morgan fingerprint density at radius 1 is 0.593 bits per heavy atom. The third-order valence-electron chi connectivity index (χ3n) is 1.96. The molecule has 0 fully saturated rings. The molecule has 27 heavy (non-hydrogen) atoms. The Morgan fingerprint density at radius 2 is 0.815 bits per heavy atom. The third kappa shape index (κ3) is 7.50. The molecule has 0 radical (unpaired) electrons. The fraction of sp³-hybridized carbons (Fsp3) is 0.500. The van der Waals surface area contributed by atoms with Crippen molar-refractivity contribution in [2.45, 2.75) is 13.8 Å². The predicted octanol–water partition coefficient (Wildman–Crippen LogP) is 0.526. The van der Waals surface area contributed by atoms with Crippen LogP contribution in [0.2, 0.25) is 0 Å². The first kappa shape index (κ1) is 25.4. The molecule has 0 amide bonds. The van der Waals surface area contributed by atoms with Crippen LogP contribution in [0, 0.1) is 0 Å². The molecular weight excluding hydrogens is 476 g/mol. The molecule has 0 aromatic rings. The van der Waals surface area contributed by atoms with Gasteiger partial charge in [-0.15, -0.1) is 0 Å². The molecule has 160 valence electrons. The van der Waals surface area contributed by atoms with Gasteiger partial charge in [0.15, 0.2) is 0 Å². The fourth-order valence-electron chi connectivity index (χ4n) is 1.24. The van der Waals surface area contributed by atoms with Crippen molar-refractivity contribution >= 4 is 40.9 Å². The van der Waals surface area contributed by atoms with Crippen molar-refractivity contribution in [3.63, 3.8) is 0 Å². The van der Waals surface area contributed by atoms with Crippen molar-refractivity contribution in [1.82, 2.24) is 0 Å². The van der Waals surface area contributed by atoms with Crippen LogP contribution in [0.5, 0.6) is 0 Å². The summed E-state index contributed by atoms with van der Waals surface area (Å²) in [5.41, 5.74) is 0. The van der Waals surface area contributed by atoms with Crippen molar-refractivity contribution in [2.24, 2.45) is 0 Å². The second kappa shape index (κ2) is 8.61. The molecule has 0 rings (SSSR count). The minimum atomic E-state index is -6.50. The Labute approximate surface area is 152 Å². The Kier molecular flexibility index (Phi) is 8.10. The second-order valence-corrected chi connectivity index (χ2v) is 9.52. The Balaban J connectivity index is 7.20. The van der Waals surface area contributed by atoms with Crippen LogP contribution in [0.3, 0.4) is 0 Å². The van der Waals surface area contributed by atoms with Gasteiger partial charge in [-0.25, -0.2) is 0 Å². The normalized spacial score (nSPS) is 12.8. The highest BCUT2D eigenvalue weighted by molar-refractivity contribution is 8.10. The fourth-order valence-corrected chi connectivity index (χ4v) is 4.34. The van der Waals surface area contributed by atoms with Crippen molar-refractivity contribution in [3.8, 4) is 0 Å².